The fourth-order valence-corrected chi connectivity index (χ4v) is 1.96. The number of ether oxygens (including phenoxy) is 1. The van der Waals surface area contributed by atoms with Crippen molar-refractivity contribution < 1.29 is 4.74 Å². The van der Waals surface area contributed by atoms with Crippen LogP contribution in [-0.4, -0.2) is 31.2 Å². The Balaban J connectivity index is 1.98. The molecule has 1 aliphatic rings. The summed E-state index contributed by atoms with van der Waals surface area (Å²) in [5.41, 5.74) is 0.247. The molecule has 0 heterocycles. The van der Waals surface area contributed by atoms with Crippen molar-refractivity contribution >= 4 is 11.6 Å². The lowest BCUT2D eigenvalue weighted by molar-refractivity contribution is 0.118. The SMILES string of the molecule is CCCOCCNC1(CCl)CCC1. The van der Waals surface area contributed by atoms with Gasteiger partial charge in [-0.1, -0.05) is 6.92 Å². The molecule has 1 rings (SSSR count). The predicted molar refractivity (Wildman–Crippen MR) is 56.4 cm³/mol. The fraction of sp³-hybridized carbons (Fsp3) is 1.00. The van der Waals surface area contributed by atoms with E-state index < -0.39 is 0 Å². The topological polar surface area (TPSA) is 21.3 Å². The third-order valence-electron chi connectivity index (χ3n) is 2.66. The van der Waals surface area contributed by atoms with Crippen molar-refractivity contribution in [2.75, 3.05) is 25.6 Å². The number of hydrogen-bond acceptors (Lipinski definition) is 2. The van der Waals surface area contributed by atoms with Crippen molar-refractivity contribution in [3.05, 3.63) is 0 Å². The minimum Gasteiger partial charge on any atom is -0.380 e. The normalized spacial score (nSPS) is 19.8. The molecule has 0 bridgehead atoms. The smallest absolute Gasteiger partial charge is 0.0591 e. The van der Waals surface area contributed by atoms with Gasteiger partial charge in [-0.25, -0.2) is 0 Å². The average Bonchev–Trinajstić information content (AvgIpc) is 2.09. The van der Waals surface area contributed by atoms with Gasteiger partial charge in [0.25, 0.3) is 0 Å². The molecular weight excluding hydrogens is 186 g/mol. The van der Waals surface area contributed by atoms with Gasteiger partial charge in [0.1, 0.15) is 0 Å². The van der Waals surface area contributed by atoms with Crippen LogP contribution in [0.25, 0.3) is 0 Å². The highest BCUT2D eigenvalue weighted by Gasteiger charge is 2.34. The molecular formula is C10H20ClNO. The van der Waals surface area contributed by atoms with Crippen molar-refractivity contribution in [1.82, 2.24) is 5.32 Å². The summed E-state index contributed by atoms with van der Waals surface area (Å²) < 4.78 is 5.39. The summed E-state index contributed by atoms with van der Waals surface area (Å²) >= 11 is 5.90. The molecule has 0 aromatic rings. The van der Waals surface area contributed by atoms with E-state index in [9.17, 15) is 0 Å². The lowest BCUT2D eigenvalue weighted by Gasteiger charge is -2.41. The molecule has 0 aromatic heterocycles. The van der Waals surface area contributed by atoms with Crippen LogP contribution in [0.5, 0.6) is 0 Å². The van der Waals surface area contributed by atoms with Crippen LogP contribution in [0.4, 0.5) is 0 Å². The minimum absolute atomic E-state index is 0.247. The molecule has 0 spiro atoms. The maximum atomic E-state index is 5.90. The van der Waals surface area contributed by atoms with Gasteiger partial charge in [0.05, 0.1) is 6.61 Å². The fourth-order valence-electron chi connectivity index (χ4n) is 1.60. The van der Waals surface area contributed by atoms with Crippen molar-refractivity contribution in [2.45, 2.75) is 38.1 Å². The second-order valence-electron chi connectivity index (χ2n) is 3.81. The first kappa shape index (κ1) is 11.3. The molecule has 0 atom stereocenters. The zero-order chi connectivity index (χ0) is 9.57. The number of rotatable bonds is 7. The van der Waals surface area contributed by atoms with E-state index in [1.165, 1.54) is 19.3 Å². The second kappa shape index (κ2) is 5.84. The molecule has 1 aliphatic carbocycles. The van der Waals surface area contributed by atoms with E-state index in [4.69, 9.17) is 16.3 Å². The molecule has 13 heavy (non-hydrogen) atoms. The highest BCUT2D eigenvalue weighted by molar-refractivity contribution is 6.18. The average molecular weight is 206 g/mol. The number of nitrogens with one attached hydrogen (secondary N) is 1. The Bertz CT molecular complexity index is 131. The van der Waals surface area contributed by atoms with Gasteiger partial charge < -0.3 is 10.1 Å². The van der Waals surface area contributed by atoms with E-state index in [1.54, 1.807) is 0 Å². The molecule has 0 saturated heterocycles. The summed E-state index contributed by atoms with van der Waals surface area (Å²) in [6.45, 7) is 4.74. The molecule has 0 unspecified atom stereocenters. The number of hydrogen-bond donors (Lipinski definition) is 1. The highest BCUT2D eigenvalue weighted by Crippen LogP contribution is 2.32. The standard InChI is InChI=1S/C10H20ClNO/c1-2-7-13-8-6-12-10(9-11)4-3-5-10/h12H,2-9H2,1H3. The van der Waals surface area contributed by atoms with Gasteiger partial charge in [0.2, 0.25) is 0 Å². The molecule has 78 valence electrons. The quantitative estimate of drug-likeness (QED) is 0.508. The maximum absolute atomic E-state index is 5.90. The Hall–Kier alpha value is 0.210. The zero-order valence-corrected chi connectivity index (χ0v) is 9.20. The highest BCUT2D eigenvalue weighted by atomic mass is 35.5. The van der Waals surface area contributed by atoms with Crippen LogP contribution in [0, 0.1) is 0 Å². The van der Waals surface area contributed by atoms with E-state index in [1.807, 2.05) is 0 Å². The van der Waals surface area contributed by atoms with Crippen molar-refractivity contribution in [1.29, 1.82) is 0 Å². The second-order valence-corrected chi connectivity index (χ2v) is 4.07. The predicted octanol–water partition coefficient (Wildman–Crippen LogP) is 2.16. The van der Waals surface area contributed by atoms with Gasteiger partial charge in [0.15, 0.2) is 0 Å². The molecule has 1 saturated carbocycles. The van der Waals surface area contributed by atoms with Gasteiger partial charge >= 0.3 is 0 Å². The first-order valence-corrected chi connectivity index (χ1v) is 5.75. The van der Waals surface area contributed by atoms with Crippen molar-refractivity contribution in [2.24, 2.45) is 0 Å². The van der Waals surface area contributed by atoms with Crippen LogP contribution in [-0.2, 0) is 4.74 Å². The summed E-state index contributed by atoms with van der Waals surface area (Å²) in [5.74, 6) is 0.737. The third-order valence-corrected chi connectivity index (χ3v) is 3.17. The van der Waals surface area contributed by atoms with Crippen LogP contribution in [0.2, 0.25) is 0 Å². The summed E-state index contributed by atoms with van der Waals surface area (Å²) in [6.07, 6.45) is 4.87. The Morgan fingerprint density at radius 1 is 1.38 bits per heavy atom. The molecule has 2 nitrogen and oxygen atoms in total. The van der Waals surface area contributed by atoms with Crippen LogP contribution >= 0.6 is 11.6 Å². The lowest BCUT2D eigenvalue weighted by Crippen LogP contribution is -2.53. The first-order valence-electron chi connectivity index (χ1n) is 5.22. The van der Waals surface area contributed by atoms with Crippen LogP contribution in [0.3, 0.4) is 0 Å². The molecule has 0 aromatic carbocycles. The summed E-state index contributed by atoms with van der Waals surface area (Å²) in [6, 6.07) is 0. The van der Waals surface area contributed by atoms with E-state index in [2.05, 4.69) is 12.2 Å². The van der Waals surface area contributed by atoms with Gasteiger partial charge in [-0.05, 0) is 25.7 Å². The minimum atomic E-state index is 0.247. The molecule has 1 fully saturated rings. The Labute approximate surface area is 86.0 Å². The largest absolute Gasteiger partial charge is 0.380 e. The van der Waals surface area contributed by atoms with E-state index >= 15 is 0 Å². The monoisotopic (exact) mass is 205 g/mol. The number of alkyl halides is 1. The van der Waals surface area contributed by atoms with Crippen LogP contribution in [0.15, 0.2) is 0 Å². The first-order chi connectivity index (χ1) is 6.33. The Kier molecular flexibility index (Phi) is 5.07. The van der Waals surface area contributed by atoms with E-state index in [0.29, 0.717) is 0 Å². The summed E-state index contributed by atoms with van der Waals surface area (Å²) in [7, 11) is 0. The summed E-state index contributed by atoms with van der Waals surface area (Å²) in [5, 5.41) is 3.48. The number of halogens is 1. The molecule has 0 radical (unpaired) electrons. The summed E-state index contributed by atoms with van der Waals surface area (Å²) in [4.78, 5) is 0. The Morgan fingerprint density at radius 2 is 2.15 bits per heavy atom. The van der Waals surface area contributed by atoms with Crippen molar-refractivity contribution in [3.8, 4) is 0 Å². The maximum Gasteiger partial charge on any atom is 0.0591 e. The van der Waals surface area contributed by atoms with Gasteiger partial charge in [-0.15, -0.1) is 11.6 Å². The van der Waals surface area contributed by atoms with Crippen LogP contribution in [0.1, 0.15) is 32.6 Å². The lowest BCUT2D eigenvalue weighted by atomic mass is 9.78. The van der Waals surface area contributed by atoms with Gasteiger partial charge in [-0.3, -0.25) is 0 Å². The van der Waals surface area contributed by atoms with Crippen LogP contribution < -0.4 is 5.32 Å². The van der Waals surface area contributed by atoms with Gasteiger partial charge in [0, 0.05) is 24.6 Å². The molecule has 0 aliphatic heterocycles. The third kappa shape index (κ3) is 3.45. The Morgan fingerprint density at radius 3 is 2.62 bits per heavy atom. The van der Waals surface area contributed by atoms with E-state index in [0.717, 1.165) is 32.1 Å². The van der Waals surface area contributed by atoms with Crippen molar-refractivity contribution in [3.63, 3.8) is 0 Å². The molecule has 3 heteroatoms. The van der Waals surface area contributed by atoms with Gasteiger partial charge in [-0.2, -0.15) is 0 Å². The molecule has 0 amide bonds. The molecule has 1 N–H and O–H groups in total. The van der Waals surface area contributed by atoms with E-state index in [-0.39, 0.29) is 5.54 Å². The zero-order valence-electron chi connectivity index (χ0n) is 8.44.